The van der Waals surface area contributed by atoms with Crippen LogP contribution >= 0.6 is 0 Å². The molecule has 218 valence electrons. The summed E-state index contributed by atoms with van der Waals surface area (Å²) in [6.45, 7) is 7.80. The van der Waals surface area contributed by atoms with E-state index in [0.29, 0.717) is 29.8 Å². The molecule has 12 heteroatoms. The highest BCUT2D eigenvalue weighted by molar-refractivity contribution is 6.01. The van der Waals surface area contributed by atoms with E-state index in [9.17, 15) is 18.4 Å². The van der Waals surface area contributed by atoms with Crippen LogP contribution in [0.25, 0.3) is 11.3 Å². The molecule has 1 unspecified atom stereocenters. The van der Waals surface area contributed by atoms with E-state index in [0.717, 1.165) is 34.6 Å². The Morgan fingerprint density at radius 2 is 1.88 bits per heavy atom. The van der Waals surface area contributed by atoms with Gasteiger partial charge in [0.2, 0.25) is 5.91 Å². The first-order valence-electron chi connectivity index (χ1n) is 13.7. The molecule has 1 fully saturated rings. The summed E-state index contributed by atoms with van der Waals surface area (Å²) in [5, 5.41) is 13.3. The van der Waals surface area contributed by atoms with E-state index >= 15 is 0 Å². The number of aromatic amines is 1. The lowest BCUT2D eigenvalue weighted by atomic mass is 9.75. The van der Waals surface area contributed by atoms with Crippen LogP contribution in [0.1, 0.15) is 71.5 Å². The first kappa shape index (κ1) is 27.6. The maximum absolute atomic E-state index is 14.5. The predicted molar refractivity (Wildman–Crippen MR) is 148 cm³/mol. The first-order chi connectivity index (χ1) is 20.1. The minimum absolute atomic E-state index is 0.0477. The van der Waals surface area contributed by atoms with Crippen molar-refractivity contribution in [1.29, 1.82) is 0 Å². The third-order valence-corrected chi connectivity index (χ3v) is 8.19. The van der Waals surface area contributed by atoms with Crippen molar-refractivity contribution >= 4 is 17.5 Å². The number of anilines is 1. The van der Waals surface area contributed by atoms with Gasteiger partial charge in [0.25, 0.3) is 5.91 Å². The molecule has 6 rings (SSSR count). The molecular weight excluding hydrogens is 546 g/mol. The number of ether oxygens (including phenoxy) is 1. The summed E-state index contributed by atoms with van der Waals surface area (Å²) in [6, 6.07) is 4.36. The lowest BCUT2D eigenvalue weighted by Crippen LogP contribution is -2.52. The van der Waals surface area contributed by atoms with Crippen molar-refractivity contribution in [2.24, 2.45) is 5.41 Å². The Morgan fingerprint density at radius 1 is 1.12 bits per heavy atom. The fourth-order valence-electron chi connectivity index (χ4n) is 5.83. The third-order valence-electron chi connectivity index (χ3n) is 8.19. The first-order valence-corrected chi connectivity index (χ1v) is 13.7. The molecule has 2 amide bonds. The Balaban J connectivity index is 1.36. The van der Waals surface area contributed by atoms with E-state index in [1.165, 1.54) is 6.20 Å². The van der Waals surface area contributed by atoms with Gasteiger partial charge in [-0.25, -0.2) is 13.4 Å². The Bertz CT molecular complexity index is 1660. The van der Waals surface area contributed by atoms with E-state index in [1.807, 2.05) is 33.9 Å². The standard InChI is InChI=1S/C30H30F2N6O4/c1-14(2)25-27(38-42-37-25)29(40)36-26(24-18-9-19(31)20(32)10-22(18)41-13-30(24)7-8-30)28(39)35-17-5-6-21(34-12-17)23-15(3)11-33-16(23)4/h5-6,9-12,14,24,26,33H,7-8,13H2,1-4H3,(H,35,39)(H,36,40)/t24?,26-/m0/s1. The smallest absolute Gasteiger partial charge is 0.276 e. The van der Waals surface area contributed by atoms with E-state index in [1.54, 1.807) is 12.1 Å². The molecule has 0 bridgehead atoms. The van der Waals surface area contributed by atoms with Crippen molar-refractivity contribution in [3.05, 3.63) is 76.5 Å². The van der Waals surface area contributed by atoms with Gasteiger partial charge < -0.3 is 20.4 Å². The van der Waals surface area contributed by atoms with Gasteiger partial charge in [-0.1, -0.05) is 19.0 Å². The van der Waals surface area contributed by atoms with Crippen molar-refractivity contribution in [2.75, 3.05) is 11.9 Å². The summed E-state index contributed by atoms with van der Waals surface area (Å²) >= 11 is 0. The summed E-state index contributed by atoms with van der Waals surface area (Å²) < 4.78 is 39.3. The second kappa shape index (κ2) is 10.3. The number of hydrogen-bond acceptors (Lipinski definition) is 7. The molecule has 4 aromatic rings. The van der Waals surface area contributed by atoms with Gasteiger partial charge in [0.15, 0.2) is 17.3 Å². The molecule has 1 spiro atoms. The van der Waals surface area contributed by atoms with Crippen LogP contribution in [0, 0.1) is 30.9 Å². The van der Waals surface area contributed by atoms with E-state index < -0.39 is 40.8 Å². The number of carbonyl (C=O) groups is 2. The average molecular weight is 577 g/mol. The van der Waals surface area contributed by atoms with Crippen molar-refractivity contribution in [3.63, 3.8) is 0 Å². The molecule has 3 aromatic heterocycles. The van der Waals surface area contributed by atoms with Gasteiger partial charge in [-0.2, -0.15) is 0 Å². The van der Waals surface area contributed by atoms with Crippen molar-refractivity contribution in [3.8, 4) is 17.0 Å². The minimum atomic E-state index is -1.20. The number of rotatable bonds is 7. The maximum Gasteiger partial charge on any atom is 0.276 e. The molecule has 2 aliphatic rings. The van der Waals surface area contributed by atoms with E-state index in [4.69, 9.17) is 9.37 Å². The summed E-state index contributed by atoms with van der Waals surface area (Å²) in [6.07, 6.45) is 4.81. The van der Waals surface area contributed by atoms with Gasteiger partial charge in [0.05, 0.1) is 24.2 Å². The van der Waals surface area contributed by atoms with Gasteiger partial charge in [-0.05, 0) is 55.6 Å². The molecule has 2 atom stereocenters. The second-order valence-corrected chi connectivity index (χ2v) is 11.4. The number of H-pyrrole nitrogens is 1. The normalized spacial score (nSPS) is 17.5. The SMILES string of the molecule is Cc1c[nH]c(C)c1-c1ccc(NC(=O)[C@@H](NC(=O)c2nonc2C(C)C)C2c3cc(F)c(F)cc3OCC23CC3)cn1. The highest BCUT2D eigenvalue weighted by Crippen LogP contribution is 2.61. The number of nitrogens with zero attached hydrogens (tertiary/aromatic N) is 3. The lowest BCUT2D eigenvalue weighted by molar-refractivity contribution is -0.119. The summed E-state index contributed by atoms with van der Waals surface area (Å²) in [4.78, 5) is 35.2. The zero-order chi connectivity index (χ0) is 29.8. The second-order valence-electron chi connectivity index (χ2n) is 11.4. The Labute approximate surface area is 240 Å². The number of pyridine rings is 1. The largest absolute Gasteiger partial charge is 0.493 e. The molecule has 1 aliphatic carbocycles. The van der Waals surface area contributed by atoms with Crippen molar-refractivity contribution in [1.82, 2.24) is 25.6 Å². The zero-order valence-electron chi connectivity index (χ0n) is 23.5. The topological polar surface area (TPSA) is 135 Å². The summed E-state index contributed by atoms with van der Waals surface area (Å²) in [5.41, 5.74) is 4.19. The number of aromatic nitrogens is 4. The molecule has 42 heavy (non-hydrogen) atoms. The average Bonchev–Trinajstić information content (AvgIpc) is 3.38. The molecule has 0 radical (unpaired) electrons. The molecule has 1 aromatic carbocycles. The van der Waals surface area contributed by atoms with Crippen molar-refractivity contribution in [2.45, 2.75) is 58.4 Å². The van der Waals surface area contributed by atoms with E-state index in [2.05, 4.69) is 30.9 Å². The van der Waals surface area contributed by atoms with Gasteiger partial charge in [0.1, 0.15) is 17.5 Å². The number of carbonyl (C=O) groups excluding carboxylic acids is 2. The molecular formula is C30H30F2N6O4. The Hall–Kier alpha value is -4.61. The molecule has 1 saturated carbocycles. The lowest BCUT2D eigenvalue weighted by Gasteiger charge is -2.38. The third kappa shape index (κ3) is 4.80. The minimum Gasteiger partial charge on any atom is -0.493 e. The molecule has 1 aliphatic heterocycles. The summed E-state index contributed by atoms with van der Waals surface area (Å²) in [7, 11) is 0. The van der Waals surface area contributed by atoms with Gasteiger partial charge in [-0.15, -0.1) is 0 Å². The maximum atomic E-state index is 14.5. The summed E-state index contributed by atoms with van der Waals surface area (Å²) in [5.74, 6) is -4.08. The van der Waals surface area contributed by atoms with Gasteiger partial charge >= 0.3 is 0 Å². The fraction of sp³-hybridized carbons (Fsp3) is 0.367. The van der Waals surface area contributed by atoms with Crippen LogP contribution in [-0.4, -0.2) is 44.7 Å². The molecule has 3 N–H and O–H groups in total. The molecule has 4 heterocycles. The predicted octanol–water partition coefficient (Wildman–Crippen LogP) is 5.17. The van der Waals surface area contributed by atoms with Crippen LogP contribution < -0.4 is 15.4 Å². The van der Waals surface area contributed by atoms with Crippen LogP contribution in [0.15, 0.2) is 41.3 Å². The van der Waals surface area contributed by atoms with Crippen LogP contribution in [0.3, 0.4) is 0 Å². The van der Waals surface area contributed by atoms with Crippen LogP contribution in [-0.2, 0) is 4.79 Å². The quantitative estimate of drug-likeness (QED) is 0.276. The fourth-order valence-corrected chi connectivity index (χ4v) is 5.83. The van der Waals surface area contributed by atoms with E-state index in [-0.39, 0.29) is 24.0 Å². The molecule has 10 nitrogen and oxygen atoms in total. The number of benzene rings is 1. The van der Waals surface area contributed by atoms with Gasteiger partial charge in [0, 0.05) is 46.3 Å². The number of fused-ring (bicyclic) bond motifs is 1. The number of nitrogens with one attached hydrogen (secondary N) is 3. The van der Waals surface area contributed by atoms with Crippen LogP contribution in [0.5, 0.6) is 5.75 Å². The number of aryl methyl sites for hydroxylation is 2. The van der Waals surface area contributed by atoms with Gasteiger partial charge in [-0.3, -0.25) is 14.6 Å². The number of halogens is 2. The van der Waals surface area contributed by atoms with Crippen LogP contribution in [0.4, 0.5) is 14.5 Å². The molecule has 0 saturated heterocycles. The van der Waals surface area contributed by atoms with Crippen molar-refractivity contribution < 1.29 is 27.7 Å². The highest BCUT2D eigenvalue weighted by atomic mass is 19.2. The Morgan fingerprint density at radius 3 is 2.52 bits per heavy atom. The monoisotopic (exact) mass is 576 g/mol. The van der Waals surface area contributed by atoms with Crippen LogP contribution in [0.2, 0.25) is 0 Å². The number of hydrogen-bond donors (Lipinski definition) is 3. The zero-order valence-corrected chi connectivity index (χ0v) is 23.5. The highest BCUT2D eigenvalue weighted by Gasteiger charge is 2.58. The number of amides is 2. The Kier molecular flexibility index (Phi) is 6.78.